The summed E-state index contributed by atoms with van der Waals surface area (Å²) < 4.78 is 0. The normalized spacial score (nSPS) is 14.5. The molecule has 0 aliphatic rings. The molecule has 0 saturated heterocycles. The molecule has 1 aromatic heterocycles. The number of hydrogen-bond acceptors (Lipinski definition) is 9. The number of aliphatic hydroxyl groups is 4. The molecule has 3 atom stereocenters. The number of H-pyrrole nitrogens is 2. The van der Waals surface area contributed by atoms with Gasteiger partial charge in [0.15, 0.2) is 0 Å². The van der Waals surface area contributed by atoms with Gasteiger partial charge in [-0.25, -0.2) is 9.59 Å². The quantitative estimate of drug-likeness (QED) is 0.215. The molecule has 13 nitrogen and oxygen atoms in total. The first kappa shape index (κ1) is 19.3. The van der Waals surface area contributed by atoms with E-state index in [-0.39, 0.29) is 0 Å². The molecule has 0 aromatic carbocycles. The number of aromatic amines is 2. The Labute approximate surface area is 132 Å². The number of carbonyl (C=O) groups excluding carboxylic acids is 1. The fourth-order valence-electron chi connectivity index (χ4n) is 1.60. The van der Waals surface area contributed by atoms with Crippen LogP contribution >= 0.6 is 0 Å². The molecule has 0 saturated carbocycles. The zero-order valence-corrected chi connectivity index (χ0v) is 12.0. The molecule has 0 aliphatic carbocycles. The minimum absolute atomic E-state index is 0.428. The predicted molar refractivity (Wildman–Crippen MR) is 77.5 cm³/mol. The van der Waals surface area contributed by atoms with Crippen molar-refractivity contribution in [1.82, 2.24) is 9.97 Å². The molecule has 134 valence electrons. The van der Waals surface area contributed by atoms with Gasteiger partial charge >= 0.3 is 17.6 Å². The summed E-state index contributed by atoms with van der Waals surface area (Å²) >= 11 is 0. The van der Waals surface area contributed by atoms with Crippen LogP contribution in [0, 0.1) is 0 Å². The van der Waals surface area contributed by atoms with Crippen molar-refractivity contribution in [2.75, 3.05) is 23.8 Å². The third kappa shape index (κ3) is 4.88. The maximum Gasteiger partial charge on any atom is 0.394 e. The van der Waals surface area contributed by atoms with Gasteiger partial charge in [0, 0.05) is 6.54 Å². The van der Waals surface area contributed by atoms with E-state index in [1.807, 2.05) is 0 Å². The van der Waals surface area contributed by atoms with Crippen molar-refractivity contribution in [3.8, 4) is 0 Å². The highest BCUT2D eigenvalue weighted by atomic mass is 16.4. The Bertz CT molecular complexity index is 712. The molecule has 0 unspecified atom stereocenters. The zero-order valence-electron chi connectivity index (χ0n) is 12.0. The molecular formula is C11H16N4O9. The molecule has 9 N–H and O–H groups in total. The number of carboxylic acids is 1. The van der Waals surface area contributed by atoms with Crippen LogP contribution in [0.2, 0.25) is 0 Å². The van der Waals surface area contributed by atoms with Crippen LogP contribution in [0.15, 0.2) is 9.59 Å². The van der Waals surface area contributed by atoms with Crippen LogP contribution < -0.4 is 21.9 Å². The number of carbonyl (C=O) groups is 2. The number of nitrogens with one attached hydrogen (secondary N) is 4. The minimum Gasteiger partial charge on any atom is -0.474 e. The highest BCUT2D eigenvalue weighted by Crippen LogP contribution is 2.12. The van der Waals surface area contributed by atoms with Crippen molar-refractivity contribution in [1.29, 1.82) is 0 Å². The minimum atomic E-state index is -1.88. The first-order chi connectivity index (χ1) is 11.2. The van der Waals surface area contributed by atoms with Gasteiger partial charge in [-0.3, -0.25) is 19.6 Å². The van der Waals surface area contributed by atoms with Crippen LogP contribution in [-0.2, 0) is 9.59 Å². The maximum atomic E-state index is 11.6. The second kappa shape index (κ2) is 8.21. The average Bonchev–Trinajstić information content (AvgIpc) is 2.53. The standard InChI is InChI=1S/C11H16N4O9/c16-2-4(18)6(19)3(17)1-12-7-5(13-9(21)10(22)23)8(20)15-11(24)14-7/h3-4,6,16-19H,1-2H2,(H,13,21)(H,22,23)(H3,12,14,15,20,24)/t3-,4+,6-/m0/s1. The van der Waals surface area contributed by atoms with Crippen LogP contribution in [0.3, 0.4) is 0 Å². The summed E-state index contributed by atoms with van der Waals surface area (Å²) in [5, 5.41) is 49.5. The smallest absolute Gasteiger partial charge is 0.394 e. The number of anilines is 2. The van der Waals surface area contributed by atoms with Crippen LogP contribution in [0.5, 0.6) is 0 Å². The van der Waals surface area contributed by atoms with E-state index in [9.17, 15) is 34.5 Å². The van der Waals surface area contributed by atoms with E-state index in [4.69, 9.17) is 10.2 Å². The summed E-state index contributed by atoms with van der Waals surface area (Å²) in [6.45, 7) is -1.34. The van der Waals surface area contributed by atoms with Gasteiger partial charge in [-0.1, -0.05) is 0 Å². The lowest BCUT2D eigenvalue weighted by atomic mass is 10.1. The van der Waals surface area contributed by atoms with E-state index >= 15 is 0 Å². The van der Waals surface area contributed by atoms with Gasteiger partial charge in [0.1, 0.15) is 23.7 Å². The highest BCUT2D eigenvalue weighted by molar-refractivity contribution is 6.36. The molecular weight excluding hydrogens is 332 g/mol. The first-order valence-corrected chi connectivity index (χ1v) is 6.47. The van der Waals surface area contributed by atoms with Gasteiger partial charge in [0.25, 0.3) is 5.56 Å². The van der Waals surface area contributed by atoms with Crippen molar-refractivity contribution in [3.05, 3.63) is 20.8 Å². The number of carboxylic acid groups (broad SMARTS) is 1. The third-order valence-electron chi connectivity index (χ3n) is 2.84. The fraction of sp³-hybridized carbons (Fsp3) is 0.455. The van der Waals surface area contributed by atoms with Gasteiger partial charge < -0.3 is 36.2 Å². The number of aliphatic carboxylic acids is 1. The molecule has 13 heteroatoms. The number of aromatic nitrogens is 2. The molecule has 1 aromatic rings. The van der Waals surface area contributed by atoms with E-state index in [1.54, 1.807) is 10.3 Å². The fourth-order valence-corrected chi connectivity index (χ4v) is 1.60. The summed E-state index contributed by atoms with van der Waals surface area (Å²) in [6, 6.07) is 0. The average molecular weight is 348 g/mol. The first-order valence-electron chi connectivity index (χ1n) is 6.47. The lowest BCUT2D eigenvalue weighted by molar-refractivity contribution is -0.147. The Hall–Kier alpha value is -2.74. The van der Waals surface area contributed by atoms with Crippen LogP contribution in [-0.4, -0.2) is 78.8 Å². The second-order valence-electron chi connectivity index (χ2n) is 4.61. The summed E-state index contributed by atoms with van der Waals surface area (Å²) in [6.07, 6.45) is -5.00. The Morgan fingerprint density at radius 3 is 2.25 bits per heavy atom. The summed E-state index contributed by atoms with van der Waals surface area (Å²) in [4.78, 5) is 48.4. The van der Waals surface area contributed by atoms with E-state index in [0.717, 1.165) is 0 Å². The Morgan fingerprint density at radius 1 is 1.08 bits per heavy atom. The predicted octanol–water partition coefficient (Wildman–Crippen LogP) is -4.43. The zero-order chi connectivity index (χ0) is 18.4. The summed E-state index contributed by atoms with van der Waals surface area (Å²) in [5.41, 5.74) is -2.73. The van der Waals surface area contributed by atoms with Crippen LogP contribution in [0.4, 0.5) is 11.5 Å². The lowest BCUT2D eigenvalue weighted by Crippen LogP contribution is -2.43. The third-order valence-corrected chi connectivity index (χ3v) is 2.84. The van der Waals surface area contributed by atoms with Crippen molar-refractivity contribution >= 4 is 23.4 Å². The second-order valence-corrected chi connectivity index (χ2v) is 4.61. The van der Waals surface area contributed by atoms with Gasteiger partial charge in [0.2, 0.25) is 0 Å². The van der Waals surface area contributed by atoms with Crippen molar-refractivity contribution < 1.29 is 35.1 Å². The van der Waals surface area contributed by atoms with Crippen molar-refractivity contribution in [2.24, 2.45) is 0 Å². The van der Waals surface area contributed by atoms with Crippen LogP contribution in [0.1, 0.15) is 0 Å². The Morgan fingerprint density at radius 2 is 1.71 bits per heavy atom. The van der Waals surface area contributed by atoms with Gasteiger partial charge in [-0.2, -0.15) is 0 Å². The maximum absolute atomic E-state index is 11.6. The molecule has 1 rings (SSSR count). The molecule has 0 bridgehead atoms. The van der Waals surface area contributed by atoms with E-state index < -0.39 is 66.1 Å². The highest BCUT2D eigenvalue weighted by Gasteiger charge is 2.25. The SMILES string of the molecule is O=C(O)C(=O)Nc1c(NC[C@H](O)[C@H](O)[C@H](O)CO)[nH]c(=O)[nH]c1=O. The van der Waals surface area contributed by atoms with E-state index in [0.29, 0.717) is 0 Å². The number of aliphatic hydroxyl groups excluding tert-OH is 4. The Kier molecular flexibility index (Phi) is 6.60. The number of hydrogen-bond donors (Lipinski definition) is 9. The molecule has 0 radical (unpaired) electrons. The molecule has 0 spiro atoms. The molecule has 0 fully saturated rings. The van der Waals surface area contributed by atoms with Gasteiger partial charge in [0.05, 0.1) is 12.7 Å². The van der Waals surface area contributed by atoms with Crippen molar-refractivity contribution in [3.63, 3.8) is 0 Å². The summed E-state index contributed by atoms with van der Waals surface area (Å²) in [5.74, 6) is -3.86. The van der Waals surface area contributed by atoms with Crippen molar-refractivity contribution in [2.45, 2.75) is 18.3 Å². The van der Waals surface area contributed by atoms with Gasteiger partial charge in [-0.15, -0.1) is 0 Å². The largest absolute Gasteiger partial charge is 0.474 e. The number of amides is 1. The van der Waals surface area contributed by atoms with Gasteiger partial charge in [-0.05, 0) is 0 Å². The monoisotopic (exact) mass is 348 g/mol. The van der Waals surface area contributed by atoms with Crippen LogP contribution in [0.25, 0.3) is 0 Å². The molecule has 1 amide bonds. The topological polar surface area (TPSA) is 225 Å². The summed E-state index contributed by atoms with van der Waals surface area (Å²) in [7, 11) is 0. The van der Waals surface area contributed by atoms with E-state index in [2.05, 4.69) is 10.3 Å². The molecule has 24 heavy (non-hydrogen) atoms. The number of rotatable bonds is 7. The Balaban J connectivity index is 2.98. The van der Waals surface area contributed by atoms with E-state index in [1.165, 1.54) is 0 Å². The molecule has 0 aliphatic heterocycles. The molecule has 1 heterocycles. The lowest BCUT2D eigenvalue weighted by Gasteiger charge is -2.22.